The number of aliphatic hydroxyl groups is 1. The molecular formula is C23H17N3O5. The lowest BCUT2D eigenvalue weighted by molar-refractivity contribution is -0.140. The Bertz CT molecular complexity index is 1190. The maximum atomic E-state index is 13.0. The van der Waals surface area contributed by atoms with E-state index in [1.807, 2.05) is 6.07 Å². The molecule has 8 nitrogen and oxygen atoms in total. The van der Waals surface area contributed by atoms with Crippen LogP contribution in [0.15, 0.2) is 72.8 Å². The molecule has 1 fully saturated rings. The van der Waals surface area contributed by atoms with Gasteiger partial charge in [-0.15, -0.1) is 0 Å². The first-order chi connectivity index (χ1) is 15.1. The molecule has 1 unspecified atom stereocenters. The third-order valence-corrected chi connectivity index (χ3v) is 5.26. The normalized spacial score (nSPS) is 19.1. The average Bonchev–Trinajstić information content (AvgIpc) is 3.38. The zero-order valence-corrected chi connectivity index (χ0v) is 16.3. The average molecular weight is 415 g/mol. The van der Waals surface area contributed by atoms with Crippen LogP contribution in [0.25, 0.3) is 5.76 Å². The van der Waals surface area contributed by atoms with Gasteiger partial charge in [0.1, 0.15) is 5.76 Å². The van der Waals surface area contributed by atoms with E-state index in [1.54, 1.807) is 61.2 Å². The summed E-state index contributed by atoms with van der Waals surface area (Å²) in [7, 11) is 0. The Morgan fingerprint density at radius 2 is 1.81 bits per heavy atom. The molecule has 3 aromatic rings. The molecule has 2 aromatic heterocycles. The Kier molecular flexibility index (Phi) is 4.59. The number of carbonyl (C=O) groups excluding carboxylic acids is 2. The van der Waals surface area contributed by atoms with Crippen molar-refractivity contribution in [1.29, 1.82) is 0 Å². The second kappa shape index (κ2) is 7.56. The maximum Gasteiger partial charge on any atom is 0.295 e. The van der Waals surface area contributed by atoms with Crippen LogP contribution in [0.2, 0.25) is 0 Å². The summed E-state index contributed by atoms with van der Waals surface area (Å²) in [6.07, 6.45) is 6.46. The number of carbonyl (C=O) groups is 2. The fourth-order valence-corrected chi connectivity index (χ4v) is 3.82. The van der Waals surface area contributed by atoms with Gasteiger partial charge in [0.2, 0.25) is 6.79 Å². The highest BCUT2D eigenvalue weighted by Crippen LogP contribution is 2.41. The first kappa shape index (κ1) is 18.8. The van der Waals surface area contributed by atoms with Crippen molar-refractivity contribution in [3.8, 4) is 11.5 Å². The van der Waals surface area contributed by atoms with Crippen molar-refractivity contribution in [1.82, 2.24) is 14.9 Å². The van der Waals surface area contributed by atoms with Crippen LogP contribution in [-0.2, 0) is 16.1 Å². The molecule has 5 rings (SSSR count). The predicted octanol–water partition coefficient (Wildman–Crippen LogP) is 2.83. The number of rotatable bonds is 4. The molecule has 0 bridgehead atoms. The van der Waals surface area contributed by atoms with E-state index in [0.29, 0.717) is 22.6 Å². The Balaban J connectivity index is 1.63. The molecule has 0 radical (unpaired) electrons. The van der Waals surface area contributed by atoms with Crippen LogP contribution < -0.4 is 9.47 Å². The maximum absolute atomic E-state index is 13.0. The number of pyridine rings is 2. The molecule has 1 atom stereocenters. The van der Waals surface area contributed by atoms with E-state index in [0.717, 1.165) is 5.56 Å². The minimum absolute atomic E-state index is 0.000700. The number of aromatic nitrogens is 2. The minimum Gasteiger partial charge on any atom is -0.507 e. The van der Waals surface area contributed by atoms with Crippen molar-refractivity contribution >= 4 is 17.4 Å². The Hall–Kier alpha value is -4.20. The summed E-state index contributed by atoms with van der Waals surface area (Å²) in [5, 5.41) is 11.1. The number of hydrogen-bond acceptors (Lipinski definition) is 7. The van der Waals surface area contributed by atoms with Gasteiger partial charge in [-0.2, -0.15) is 0 Å². The molecule has 0 saturated carbocycles. The lowest BCUT2D eigenvalue weighted by atomic mass is 9.96. The number of hydrogen-bond donors (Lipinski definition) is 1. The van der Waals surface area contributed by atoms with Crippen molar-refractivity contribution in [3.05, 3.63) is 89.5 Å². The van der Waals surface area contributed by atoms with Crippen molar-refractivity contribution in [2.45, 2.75) is 12.6 Å². The molecule has 4 heterocycles. The van der Waals surface area contributed by atoms with E-state index in [2.05, 4.69) is 9.97 Å². The van der Waals surface area contributed by atoms with Crippen LogP contribution >= 0.6 is 0 Å². The van der Waals surface area contributed by atoms with Crippen LogP contribution in [-0.4, -0.2) is 38.5 Å². The number of ketones is 1. The van der Waals surface area contributed by atoms with Gasteiger partial charge in [0.25, 0.3) is 11.7 Å². The molecule has 2 aliphatic rings. The Morgan fingerprint density at radius 1 is 1.03 bits per heavy atom. The fraction of sp³-hybridized carbons (Fsp3) is 0.130. The molecular weight excluding hydrogens is 398 g/mol. The number of ether oxygens (including phenoxy) is 2. The van der Waals surface area contributed by atoms with Crippen molar-refractivity contribution in [2.75, 3.05) is 6.79 Å². The van der Waals surface area contributed by atoms with Gasteiger partial charge in [-0.1, -0.05) is 12.1 Å². The Labute approximate surface area is 177 Å². The Morgan fingerprint density at radius 3 is 2.55 bits per heavy atom. The molecule has 1 saturated heterocycles. The highest BCUT2D eigenvalue weighted by molar-refractivity contribution is 6.46. The molecule has 2 aliphatic heterocycles. The van der Waals surface area contributed by atoms with Gasteiger partial charge in [-0.05, 0) is 41.5 Å². The number of fused-ring (bicyclic) bond motifs is 1. The highest BCUT2D eigenvalue weighted by atomic mass is 16.7. The minimum atomic E-state index is -0.792. The van der Waals surface area contributed by atoms with Crippen LogP contribution in [0.5, 0.6) is 11.5 Å². The molecule has 31 heavy (non-hydrogen) atoms. The zero-order chi connectivity index (χ0) is 21.4. The third-order valence-electron chi connectivity index (χ3n) is 5.26. The second-order valence-electron chi connectivity index (χ2n) is 7.14. The van der Waals surface area contributed by atoms with E-state index >= 15 is 0 Å². The van der Waals surface area contributed by atoms with E-state index in [1.165, 1.54) is 4.90 Å². The number of Topliss-reactive ketones (excluding diaryl/α,β-unsaturated/α-hetero) is 1. The van der Waals surface area contributed by atoms with Gasteiger partial charge in [0.05, 0.1) is 11.6 Å². The summed E-state index contributed by atoms with van der Waals surface area (Å²) in [5.41, 5.74) is 1.74. The zero-order valence-electron chi connectivity index (χ0n) is 16.3. The van der Waals surface area contributed by atoms with E-state index in [9.17, 15) is 14.7 Å². The SMILES string of the molecule is O=C1C(=O)N(Cc2cccnc2)C(c2cccnc2)/C1=C(/O)c1ccc2c(c1)OCO2. The number of aliphatic hydroxyl groups excluding tert-OH is 1. The lowest BCUT2D eigenvalue weighted by Gasteiger charge is -2.25. The number of nitrogens with zero attached hydrogens (tertiary/aromatic N) is 3. The first-order valence-corrected chi connectivity index (χ1v) is 9.61. The number of benzene rings is 1. The molecule has 1 aromatic carbocycles. The molecule has 1 N–H and O–H groups in total. The molecule has 0 aliphatic carbocycles. The van der Waals surface area contributed by atoms with Crippen LogP contribution in [0.4, 0.5) is 0 Å². The third kappa shape index (κ3) is 3.28. The second-order valence-corrected chi connectivity index (χ2v) is 7.14. The smallest absolute Gasteiger partial charge is 0.295 e. The number of likely N-dealkylation sites (tertiary alicyclic amines) is 1. The predicted molar refractivity (Wildman–Crippen MR) is 109 cm³/mol. The molecule has 0 spiro atoms. The van der Waals surface area contributed by atoms with Gasteiger partial charge in [-0.25, -0.2) is 0 Å². The van der Waals surface area contributed by atoms with Crippen LogP contribution in [0.3, 0.4) is 0 Å². The largest absolute Gasteiger partial charge is 0.507 e. The van der Waals surface area contributed by atoms with Gasteiger partial charge in [0, 0.05) is 36.9 Å². The van der Waals surface area contributed by atoms with E-state index in [4.69, 9.17) is 9.47 Å². The van der Waals surface area contributed by atoms with Crippen molar-refractivity contribution in [2.24, 2.45) is 0 Å². The van der Waals surface area contributed by atoms with Gasteiger partial charge in [0.15, 0.2) is 11.5 Å². The fourth-order valence-electron chi connectivity index (χ4n) is 3.82. The van der Waals surface area contributed by atoms with E-state index < -0.39 is 17.7 Å². The topological polar surface area (TPSA) is 102 Å². The first-order valence-electron chi connectivity index (χ1n) is 9.61. The summed E-state index contributed by atoms with van der Waals surface area (Å²) in [5.74, 6) is -0.712. The van der Waals surface area contributed by atoms with Gasteiger partial charge >= 0.3 is 0 Å². The van der Waals surface area contributed by atoms with Gasteiger partial charge < -0.3 is 19.5 Å². The molecule has 154 valence electrons. The summed E-state index contributed by atoms with van der Waals surface area (Å²) in [6, 6.07) is 11.2. The standard InChI is InChI=1S/C23H17N3O5/c27-21(15-5-6-17-18(9-15)31-13-30-17)19-20(16-4-2-8-25-11-16)26(23(29)22(19)28)12-14-3-1-7-24-10-14/h1-11,20,27H,12-13H2/b21-19-. The monoisotopic (exact) mass is 415 g/mol. The lowest BCUT2D eigenvalue weighted by Crippen LogP contribution is -2.29. The summed E-state index contributed by atoms with van der Waals surface area (Å²) in [4.78, 5) is 35.6. The molecule has 1 amide bonds. The number of amides is 1. The quantitative estimate of drug-likeness (QED) is 0.397. The summed E-state index contributed by atoms with van der Waals surface area (Å²) in [6.45, 7) is 0.251. The van der Waals surface area contributed by atoms with Gasteiger partial charge in [-0.3, -0.25) is 19.6 Å². The van der Waals surface area contributed by atoms with Crippen LogP contribution in [0, 0.1) is 0 Å². The van der Waals surface area contributed by atoms with Crippen LogP contribution in [0.1, 0.15) is 22.7 Å². The highest BCUT2D eigenvalue weighted by Gasteiger charge is 2.46. The van der Waals surface area contributed by atoms with Crippen molar-refractivity contribution in [3.63, 3.8) is 0 Å². The van der Waals surface area contributed by atoms with E-state index in [-0.39, 0.29) is 24.7 Å². The van der Waals surface area contributed by atoms with Crippen molar-refractivity contribution < 1.29 is 24.2 Å². The molecule has 8 heteroatoms. The summed E-state index contributed by atoms with van der Waals surface area (Å²) >= 11 is 0. The summed E-state index contributed by atoms with van der Waals surface area (Å²) < 4.78 is 10.7.